The van der Waals surface area contributed by atoms with Gasteiger partial charge in [0, 0.05) is 12.4 Å². The fraction of sp³-hybridized carbons (Fsp3) is 0.643. The second kappa shape index (κ2) is 5.15. The number of ether oxygens (including phenoxy) is 1. The van der Waals surface area contributed by atoms with Gasteiger partial charge in [-0.25, -0.2) is 4.99 Å². The molecule has 1 aliphatic carbocycles. The zero-order valence-corrected chi connectivity index (χ0v) is 11.1. The monoisotopic (exact) mass is 262 g/mol. The maximum absolute atomic E-state index is 11.6. The molecule has 1 aromatic heterocycles. The fourth-order valence-corrected chi connectivity index (χ4v) is 3.13. The third-order valence-corrected chi connectivity index (χ3v) is 4.08. The molecule has 19 heavy (non-hydrogen) atoms. The van der Waals surface area contributed by atoms with Crippen molar-refractivity contribution in [1.82, 2.24) is 9.78 Å². The molecule has 1 saturated heterocycles. The summed E-state index contributed by atoms with van der Waals surface area (Å²) in [4.78, 5) is 15.0. The van der Waals surface area contributed by atoms with Gasteiger partial charge in [0.25, 0.3) is 0 Å². The molecule has 0 atom stereocenters. The van der Waals surface area contributed by atoms with Crippen LogP contribution in [0.1, 0.15) is 38.5 Å². The van der Waals surface area contributed by atoms with E-state index >= 15 is 0 Å². The van der Waals surface area contributed by atoms with Gasteiger partial charge in [-0.3, -0.25) is 9.48 Å². The second-order valence-corrected chi connectivity index (χ2v) is 5.38. The van der Waals surface area contributed by atoms with Gasteiger partial charge in [-0.05, 0) is 31.7 Å². The topological polar surface area (TPSA) is 58.1 Å². The van der Waals surface area contributed by atoms with Crippen LogP contribution in [0.4, 0.5) is 0 Å². The van der Waals surface area contributed by atoms with Crippen molar-refractivity contribution in [2.24, 2.45) is 0 Å². The van der Waals surface area contributed by atoms with Crippen molar-refractivity contribution in [2.75, 3.05) is 6.54 Å². The summed E-state index contributed by atoms with van der Waals surface area (Å²) in [5.41, 5.74) is 0.781. The van der Waals surface area contributed by atoms with E-state index in [9.17, 15) is 4.79 Å². The summed E-state index contributed by atoms with van der Waals surface area (Å²) in [5, 5.41) is 4.17. The highest BCUT2D eigenvalue weighted by Gasteiger charge is 2.50. The summed E-state index contributed by atoms with van der Waals surface area (Å²) in [6.45, 7) is 1.59. The third kappa shape index (κ3) is 2.55. The van der Waals surface area contributed by atoms with Crippen molar-refractivity contribution >= 4 is 11.7 Å². The lowest BCUT2D eigenvalue weighted by atomic mass is 9.81. The standard InChI is InChI=1S/C14H19N3O2/c18-13-11-12(14(19-13)5-2-1-3-6-14)15-8-10-17-9-4-7-16-17/h4,7,9H,1-3,5-6,8,10-11H2/p+1. The van der Waals surface area contributed by atoms with Crippen LogP contribution in [0, 0.1) is 0 Å². The number of rotatable bonds is 3. The number of carbonyl (C=O) groups excluding carboxylic acids is 1. The van der Waals surface area contributed by atoms with E-state index in [2.05, 4.69) is 10.1 Å². The lowest BCUT2D eigenvalue weighted by molar-refractivity contribution is -0.464. The van der Waals surface area contributed by atoms with Crippen molar-refractivity contribution < 1.29 is 14.5 Å². The molecule has 0 bridgehead atoms. The van der Waals surface area contributed by atoms with Crippen molar-refractivity contribution in [1.29, 1.82) is 0 Å². The number of carbonyl (C=O) groups is 1. The highest BCUT2D eigenvalue weighted by Crippen LogP contribution is 2.36. The molecular weight excluding hydrogens is 242 g/mol. The minimum atomic E-state index is -0.306. The summed E-state index contributed by atoms with van der Waals surface area (Å²) >= 11 is 0. The lowest BCUT2D eigenvalue weighted by Crippen LogP contribution is -2.77. The van der Waals surface area contributed by atoms with Crippen molar-refractivity contribution in [3.05, 3.63) is 18.5 Å². The highest BCUT2D eigenvalue weighted by molar-refractivity contribution is 6.06. The highest BCUT2D eigenvalue weighted by atomic mass is 16.6. The van der Waals surface area contributed by atoms with Crippen LogP contribution in [-0.4, -0.2) is 33.6 Å². The number of hydrogen-bond donors (Lipinski definition) is 1. The van der Waals surface area contributed by atoms with Gasteiger partial charge in [-0.2, -0.15) is 5.10 Å². The summed E-state index contributed by atoms with van der Waals surface area (Å²) < 4.78 is 7.52. The zero-order valence-electron chi connectivity index (χ0n) is 11.1. The molecule has 2 aliphatic rings. The van der Waals surface area contributed by atoms with Crippen LogP contribution in [-0.2, 0) is 16.1 Å². The number of aromatic nitrogens is 2. The van der Waals surface area contributed by atoms with Crippen LogP contribution < -0.4 is 4.99 Å². The molecule has 0 amide bonds. The van der Waals surface area contributed by atoms with Crippen LogP contribution in [0.15, 0.2) is 18.5 Å². The van der Waals surface area contributed by atoms with Crippen LogP contribution >= 0.6 is 0 Å². The van der Waals surface area contributed by atoms with Gasteiger partial charge in [0.15, 0.2) is 12.1 Å². The molecule has 1 aromatic rings. The molecular formula is C14H20N3O2+. The van der Waals surface area contributed by atoms with E-state index in [0.29, 0.717) is 6.42 Å². The molecule has 0 unspecified atom stereocenters. The van der Waals surface area contributed by atoms with E-state index in [1.54, 1.807) is 6.20 Å². The Morgan fingerprint density at radius 2 is 2.21 bits per heavy atom. The van der Waals surface area contributed by atoms with Crippen molar-refractivity contribution in [2.45, 2.75) is 50.7 Å². The van der Waals surface area contributed by atoms with E-state index in [1.807, 2.05) is 16.9 Å². The number of nitrogens with one attached hydrogen (secondary N) is 1. The van der Waals surface area contributed by atoms with Crippen LogP contribution in [0.2, 0.25) is 0 Å². The minimum absolute atomic E-state index is 0.0801. The smallest absolute Gasteiger partial charge is 0.317 e. The average molecular weight is 262 g/mol. The first-order valence-corrected chi connectivity index (χ1v) is 7.08. The third-order valence-electron chi connectivity index (χ3n) is 4.08. The van der Waals surface area contributed by atoms with Gasteiger partial charge >= 0.3 is 5.97 Å². The van der Waals surface area contributed by atoms with Gasteiger partial charge in [0.2, 0.25) is 5.71 Å². The first kappa shape index (κ1) is 12.4. The molecule has 1 spiro atoms. The molecule has 3 rings (SSSR count). The fourth-order valence-electron chi connectivity index (χ4n) is 3.13. The molecule has 1 N–H and O–H groups in total. The van der Waals surface area contributed by atoms with Crippen LogP contribution in [0.25, 0.3) is 0 Å². The predicted octanol–water partition coefficient (Wildman–Crippen LogP) is 0.0545. The Labute approximate surface area is 112 Å². The van der Waals surface area contributed by atoms with Gasteiger partial charge in [-0.1, -0.05) is 6.42 Å². The van der Waals surface area contributed by atoms with Crippen molar-refractivity contribution in [3.63, 3.8) is 0 Å². The van der Waals surface area contributed by atoms with Gasteiger partial charge < -0.3 is 4.74 Å². The Balaban J connectivity index is 1.68. The Morgan fingerprint density at radius 3 is 2.95 bits per heavy atom. The molecule has 2 fully saturated rings. The second-order valence-electron chi connectivity index (χ2n) is 5.38. The lowest BCUT2D eigenvalue weighted by Gasteiger charge is -2.29. The van der Waals surface area contributed by atoms with Crippen LogP contribution in [0.5, 0.6) is 0 Å². The van der Waals surface area contributed by atoms with E-state index in [0.717, 1.165) is 44.5 Å². The average Bonchev–Trinajstić information content (AvgIpc) is 3.00. The predicted molar refractivity (Wildman–Crippen MR) is 69.6 cm³/mol. The molecule has 1 saturated carbocycles. The molecule has 0 aromatic carbocycles. The molecule has 1 aliphatic heterocycles. The SMILES string of the molecule is O=C1CC(=[NH+]CCn2cccn2)C2(CCCCC2)O1. The summed E-state index contributed by atoms with van der Waals surface area (Å²) in [6.07, 6.45) is 9.65. The Kier molecular flexibility index (Phi) is 3.36. The number of nitrogens with zero attached hydrogens (tertiary/aromatic N) is 2. The number of hydrogen-bond acceptors (Lipinski definition) is 3. The Bertz CT molecular complexity index is 473. The summed E-state index contributed by atoms with van der Waals surface area (Å²) in [5.74, 6) is -0.0801. The largest absolute Gasteiger partial charge is 0.448 e. The van der Waals surface area contributed by atoms with Crippen molar-refractivity contribution in [3.8, 4) is 0 Å². The molecule has 102 valence electrons. The molecule has 2 heterocycles. The normalized spacial score (nSPS) is 24.0. The van der Waals surface area contributed by atoms with Crippen LogP contribution in [0.3, 0.4) is 0 Å². The molecule has 0 radical (unpaired) electrons. The maximum Gasteiger partial charge on any atom is 0.317 e. The minimum Gasteiger partial charge on any atom is -0.448 e. The Hall–Kier alpha value is -1.65. The van der Waals surface area contributed by atoms with E-state index in [-0.39, 0.29) is 11.6 Å². The van der Waals surface area contributed by atoms with Gasteiger partial charge in [0.1, 0.15) is 6.42 Å². The number of esters is 1. The van der Waals surface area contributed by atoms with E-state index in [4.69, 9.17) is 4.74 Å². The van der Waals surface area contributed by atoms with Gasteiger partial charge in [0.05, 0.1) is 6.54 Å². The quantitative estimate of drug-likeness (QED) is 0.783. The van der Waals surface area contributed by atoms with Gasteiger partial charge in [-0.15, -0.1) is 0 Å². The maximum atomic E-state index is 11.6. The Morgan fingerprint density at radius 1 is 1.37 bits per heavy atom. The van der Waals surface area contributed by atoms with E-state index in [1.165, 1.54) is 6.42 Å². The first-order chi connectivity index (χ1) is 9.28. The van der Waals surface area contributed by atoms with E-state index < -0.39 is 0 Å². The first-order valence-electron chi connectivity index (χ1n) is 7.08. The zero-order chi connectivity index (χ0) is 13.1. The summed E-state index contributed by atoms with van der Waals surface area (Å²) in [6, 6.07) is 1.91. The summed E-state index contributed by atoms with van der Waals surface area (Å²) in [7, 11) is 0. The molecule has 5 heteroatoms. The molecule has 5 nitrogen and oxygen atoms in total.